The van der Waals surface area contributed by atoms with E-state index >= 15 is 0 Å². The summed E-state index contributed by atoms with van der Waals surface area (Å²) in [4.78, 5) is 22.5. The number of rotatable bonds is 10. The van der Waals surface area contributed by atoms with E-state index in [1.807, 2.05) is 6.07 Å². The summed E-state index contributed by atoms with van der Waals surface area (Å²) < 4.78 is 5.69. The molecule has 0 radical (unpaired) electrons. The zero-order valence-electron chi connectivity index (χ0n) is 19.0. The number of para-hydroxylation sites is 1. The van der Waals surface area contributed by atoms with Gasteiger partial charge in [0.1, 0.15) is 6.26 Å². The lowest BCUT2D eigenvalue weighted by atomic mass is 10.1. The number of benzene rings is 2. The second kappa shape index (κ2) is 9.63. The highest BCUT2D eigenvalue weighted by Gasteiger charge is 2.23. The fourth-order valence-electron chi connectivity index (χ4n) is 4.23. The molecule has 2 aromatic heterocycles. The maximum atomic E-state index is 12.4. The van der Waals surface area contributed by atoms with Gasteiger partial charge >= 0.3 is 0 Å². The Kier molecular flexibility index (Phi) is 6.26. The predicted molar refractivity (Wildman–Crippen MR) is 129 cm³/mol. The van der Waals surface area contributed by atoms with E-state index in [0.29, 0.717) is 24.0 Å². The van der Waals surface area contributed by atoms with Crippen molar-refractivity contribution in [2.45, 2.75) is 39.3 Å². The van der Waals surface area contributed by atoms with Gasteiger partial charge in [0.15, 0.2) is 5.69 Å². The first-order valence-corrected chi connectivity index (χ1v) is 11.7. The summed E-state index contributed by atoms with van der Waals surface area (Å²) in [6.45, 7) is 5.02. The van der Waals surface area contributed by atoms with Gasteiger partial charge in [-0.1, -0.05) is 48.0 Å². The fourth-order valence-corrected chi connectivity index (χ4v) is 4.23. The quantitative estimate of drug-likeness (QED) is 0.368. The van der Waals surface area contributed by atoms with Crippen LogP contribution in [0.25, 0.3) is 10.9 Å². The molecule has 0 saturated heterocycles. The van der Waals surface area contributed by atoms with E-state index in [1.165, 1.54) is 41.2 Å². The van der Waals surface area contributed by atoms with E-state index in [0.717, 1.165) is 31.6 Å². The number of aromatic amines is 1. The van der Waals surface area contributed by atoms with E-state index < -0.39 is 0 Å². The monoisotopic (exact) mass is 442 g/mol. The maximum absolute atomic E-state index is 12.4. The summed E-state index contributed by atoms with van der Waals surface area (Å²) >= 11 is 0. The molecular weight excluding hydrogens is 412 g/mol. The summed E-state index contributed by atoms with van der Waals surface area (Å²) in [5.41, 5.74) is 5.31. The molecule has 1 fully saturated rings. The Morgan fingerprint density at radius 3 is 2.91 bits per heavy atom. The molecule has 2 heterocycles. The Bertz CT molecular complexity index is 1240. The smallest absolute Gasteiger partial charge is 0.273 e. The van der Waals surface area contributed by atoms with E-state index in [9.17, 15) is 4.79 Å². The van der Waals surface area contributed by atoms with Crippen LogP contribution in [-0.2, 0) is 19.5 Å². The lowest BCUT2D eigenvalue weighted by Crippen LogP contribution is -2.27. The van der Waals surface area contributed by atoms with Crippen molar-refractivity contribution in [2.24, 2.45) is 5.92 Å². The van der Waals surface area contributed by atoms with E-state index in [-0.39, 0.29) is 5.91 Å². The molecule has 2 aromatic carbocycles. The minimum atomic E-state index is -0.152. The largest absolute Gasteiger partial charge is 0.447 e. The average Bonchev–Trinajstić information content (AvgIpc) is 3.37. The standard InChI is InChI=1S/C27H30N4O2/c1-19-5-4-6-21(13-19)16-31(12-11-22-15-28-24-8-3-2-7-23(22)24)17-26-30-25(18-33-26)27(32)29-14-20-9-10-20/h2-8,13,15,18,20,28H,9-12,14,16-17H2,1H3,(H,29,32). The van der Waals surface area contributed by atoms with Crippen LogP contribution in [0, 0.1) is 12.8 Å². The normalized spacial score (nSPS) is 13.6. The molecule has 1 amide bonds. The molecule has 4 aromatic rings. The zero-order valence-corrected chi connectivity index (χ0v) is 19.0. The topological polar surface area (TPSA) is 74.2 Å². The molecule has 0 bridgehead atoms. The van der Waals surface area contributed by atoms with Gasteiger partial charge in [0, 0.05) is 36.7 Å². The van der Waals surface area contributed by atoms with Crippen molar-refractivity contribution in [3.8, 4) is 0 Å². The van der Waals surface area contributed by atoms with Gasteiger partial charge in [0.2, 0.25) is 5.89 Å². The number of oxazole rings is 1. The molecule has 6 heteroatoms. The van der Waals surface area contributed by atoms with Crippen LogP contribution in [0.1, 0.15) is 45.9 Å². The van der Waals surface area contributed by atoms with Crippen molar-refractivity contribution < 1.29 is 9.21 Å². The number of nitrogens with one attached hydrogen (secondary N) is 2. The van der Waals surface area contributed by atoms with Crippen molar-refractivity contribution in [1.29, 1.82) is 0 Å². The van der Waals surface area contributed by atoms with Crippen LogP contribution in [0.3, 0.4) is 0 Å². The summed E-state index contributed by atoms with van der Waals surface area (Å²) in [6, 6.07) is 17.0. The SMILES string of the molecule is Cc1cccc(CN(CCc2c[nH]c3ccccc23)Cc2nc(C(=O)NCC3CC3)co2)c1. The second-order valence-electron chi connectivity index (χ2n) is 9.09. The summed E-state index contributed by atoms with van der Waals surface area (Å²) in [7, 11) is 0. The van der Waals surface area contributed by atoms with Crippen molar-refractivity contribution >= 4 is 16.8 Å². The van der Waals surface area contributed by atoms with Crippen LogP contribution >= 0.6 is 0 Å². The number of carbonyl (C=O) groups is 1. The maximum Gasteiger partial charge on any atom is 0.273 e. The lowest BCUT2D eigenvalue weighted by molar-refractivity contribution is 0.0946. The van der Waals surface area contributed by atoms with E-state index in [4.69, 9.17) is 4.42 Å². The summed E-state index contributed by atoms with van der Waals surface area (Å²) in [6.07, 6.45) is 6.89. The molecule has 2 N–H and O–H groups in total. The van der Waals surface area contributed by atoms with Crippen LogP contribution in [-0.4, -0.2) is 33.9 Å². The summed E-state index contributed by atoms with van der Waals surface area (Å²) in [5.74, 6) is 1.05. The van der Waals surface area contributed by atoms with Crippen LogP contribution in [0.4, 0.5) is 0 Å². The molecule has 0 spiro atoms. The third-order valence-corrected chi connectivity index (χ3v) is 6.25. The number of carbonyl (C=O) groups excluding carboxylic acids is 1. The van der Waals surface area contributed by atoms with Crippen LogP contribution in [0.5, 0.6) is 0 Å². The number of fused-ring (bicyclic) bond motifs is 1. The number of aryl methyl sites for hydroxylation is 1. The Morgan fingerprint density at radius 2 is 2.06 bits per heavy atom. The minimum absolute atomic E-state index is 0.152. The Balaban J connectivity index is 1.28. The van der Waals surface area contributed by atoms with E-state index in [1.54, 1.807) is 0 Å². The number of nitrogens with zero attached hydrogens (tertiary/aromatic N) is 2. The van der Waals surface area contributed by atoms with Gasteiger partial charge in [0.05, 0.1) is 6.54 Å². The predicted octanol–water partition coefficient (Wildman–Crippen LogP) is 4.85. The van der Waals surface area contributed by atoms with Crippen LogP contribution in [0.2, 0.25) is 0 Å². The average molecular weight is 443 g/mol. The van der Waals surface area contributed by atoms with Crippen molar-refractivity contribution in [3.63, 3.8) is 0 Å². The Morgan fingerprint density at radius 1 is 1.18 bits per heavy atom. The van der Waals surface area contributed by atoms with Gasteiger partial charge in [-0.25, -0.2) is 4.98 Å². The molecule has 170 valence electrons. The number of hydrogen-bond donors (Lipinski definition) is 2. The van der Waals surface area contributed by atoms with Crippen molar-refractivity contribution in [2.75, 3.05) is 13.1 Å². The third kappa shape index (κ3) is 5.52. The first-order chi connectivity index (χ1) is 16.1. The lowest BCUT2D eigenvalue weighted by Gasteiger charge is -2.21. The number of amides is 1. The molecule has 1 aliphatic rings. The molecule has 0 atom stereocenters. The highest BCUT2D eigenvalue weighted by atomic mass is 16.3. The van der Waals surface area contributed by atoms with Gasteiger partial charge in [-0.2, -0.15) is 0 Å². The Labute approximate surface area is 194 Å². The van der Waals surface area contributed by atoms with E-state index in [2.05, 4.69) is 75.8 Å². The fraction of sp³-hybridized carbons (Fsp3) is 0.333. The van der Waals surface area contributed by atoms with Crippen LogP contribution in [0.15, 0.2) is 65.4 Å². The van der Waals surface area contributed by atoms with Gasteiger partial charge in [-0.3, -0.25) is 9.69 Å². The van der Waals surface area contributed by atoms with Gasteiger partial charge < -0.3 is 14.7 Å². The molecule has 1 aliphatic carbocycles. The molecule has 33 heavy (non-hydrogen) atoms. The molecule has 6 nitrogen and oxygen atoms in total. The molecule has 0 aliphatic heterocycles. The number of H-pyrrole nitrogens is 1. The molecular formula is C27H30N4O2. The van der Waals surface area contributed by atoms with Gasteiger partial charge in [-0.05, 0) is 49.3 Å². The summed E-state index contributed by atoms with van der Waals surface area (Å²) in [5, 5.41) is 4.22. The zero-order chi connectivity index (χ0) is 22.6. The molecule has 0 unspecified atom stereocenters. The van der Waals surface area contributed by atoms with Gasteiger partial charge in [-0.15, -0.1) is 0 Å². The third-order valence-electron chi connectivity index (χ3n) is 6.25. The highest BCUT2D eigenvalue weighted by molar-refractivity contribution is 5.91. The number of hydrogen-bond acceptors (Lipinski definition) is 4. The molecule has 5 rings (SSSR count). The number of aromatic nitrogens is 2. The van der Waals surface area contributed by atoms with Crippen LogP contribution < -0.4 is 5.32 Å². The highest BCUT2D eigenvalue weighted by Crippen LogP contribution is 2.27. The van der Waals surface area contributed by atoms with Gasteiger partial charge in [0.25, 0.3) is 5.91 Å². The second-order valence-corrected chi connectivity index (χ2v) is 9.09. The molecule has 1 saturated carbocycles. The Hall–Kier alpha value is -3.38. The minimum Gasteiger partial charge on any atom is -0.447 e. The van der Waals surface area contributed by atoms with Crippen molar-refractivity contribution in [1.82, 2.24) is 20.2 Å². The first kappa shape index (κ1) is 21.5. The van der Waals surface area contributed by atoms with Crippen molar-refractivity contribution in [3.05, 3.63) is 89.3 Å². The first-order valence-electron chi connectivity index (χ1n) is 11.7.